The number of H-pyrrole nitrogens is 1. The molecule has 0 radical (unpaired) electrons. The molecule has 2 unspecified atom stereocenters. The van der Waals surface area contributed by atoms with Crippen LogP contribution in [0.25, 0.3) is 10.9 Å². The van der Waals surface area contributed by atoms with Gasteiger partial charge in [0.2, 0.25) is 0 Å². The lowest BCUT2D eigenvalue weighted by molar-refractivity contribution is 0.202. The molecule has 2 heterocycles. The highest BCUT2D eigenvalue weighted by molar-refractivity contribution is 6.02. The Morgan fingerprint density at radius 1 is 1.07 bits per heavy atom. The molecule has 5 heteroatoms. The Morgan fingerprint density at radius 3 is 2.76 bits per heavy atom. The Kier molecular flexibility index (Phi) is 4.74. The largest absolute Gasteiger partial charge is 0.494 e. The molecule has 0 amide bonds. The molecule has 1 saturated carbocycles. The van der Waals surface area contributed by atoms with Gasteiger partial charge >= 0.3 is 0 Å². The van der Waals surface area contributed by atoms with Gasteiger partial charge in [0.15, 0.2) is 5.88 Å². The van der Waals surface area contributed by atoms with E-state index in [0.717, 1.165) is 29.9 Å². The van der Waals surface area contributed by atoms with Crippen LogP contribution in [0.2, 0.25) is 0 Å². The van der Waals surface area contributed by atoms with Crippen LogP contribution in [-0.2, 0) is 0 Å². The Morgan fingerprint density at radius 2 is 1.90 bits per heavy atom. The second-order valence-corrected chi connectivity index (χ2v) is 8.37. The molecule has 150 valence electrons. The number of hydrogen-bond donors (Lipinski definition) is 2. The molecule has 2 aromatic carbocycles. The number of para-hydroxylation sites is 1. The number of nitrogens with one attached hydrogen (secondary N) is 1. The van der Waals surface area contributed by atoms with Crippen molar-refractivity contribution < 1.29 is 9.50 Å². The Hall–Kier alpha value is -2.82. The molecule has 1 aromatic heterocycles. The summed E-state index contributed by atoms with van der Waals surface area (Å²) in [4.78, 5) is 9.55. The summed E-state index contributed by atoms with van der Waals surface area (Å²) in [5.74, 6) is 1.38. The second-order valence-electron chi connectivity index (χ2n) is 8.37. The fraction of sp³-hybridized carbons (Fsp3) is 0.375. The van der Waals surface area contributed by atoms with E-state index in [1.54, 1.807) is 6.21 Å². The summed E-state index contributed by atoms with van der Waals surface area (Å²) in [6, 6.07) is 12.8. The Labute approximate surface area is 170 Å². The molecular weight excluding hydrogens is 365 g/mol. The number of nitrogens with zero attached hydrogens (tertiary/aromatic N) is 2. The van der Waals surface area contributed by atoms with Gasteiger partial charge in [-0.1, -0.05) is 37.5 Å². The molecule has 2 N–H and O–H groups in total. The molecule has 1 aliphatic heterocycles. The molecule has 4 nitrogen and oxygen atoms in total. The molecule has 29 heavy (non-hydrogen) atoms. The number of aromatic amines is 1. The van der Waals surface area contributed by atoms with Gasteiger partial charge in [0, 0.05) is 36.3 Å². The Bertz CT molecular complexity index is 1060. The average molecular weight is 391 g/mol. The van der Waals surface area contributed by atoms with Crippen molar-refractivity contribution >= 4 is 28.5 Å². The number of benzene rings is 2. The van der Waals surface area contributed by atoms with Crippen molar-refractivity contribution in [3.05, 3.63) is 53.8 Å². The number of piperidine rings is 1. The third-order valence-electron chi connectivity index (χ3n) is 6.63. The lowest BCUT2D eigenvalue weighted by Gasteiger charge is -2.42. The molecule has 0 bridgehead atoms. The lowest BCUT2D eigenvalue weighted by Crippen LogP contribution is -2.42. The van der Waals surface area contributed by atoms with Crippen molar-refractivity contribution in [3.8, 4) is 5.88 Å². The monoisotopic (exact) mass is 391 g/mol. The summed E-state index contributed by atoms with van der Waals surface area (Å²) < 4.78 is 14.9. The number of anilines is 1. The van der Waals surface area contributed by atoms with Gasteiger partial charge in [-0.2, -0.15) is 0 Å². The van der Waals surface area contributed by atoms with Crippen LogP contribution in [0.1, 0.15) is 37.7 Å². The van der Waals surface area contributed by atoms with E-state index in [2.05, 4.69) is 14.9 Å². The van der Waals surface area contributed by atoms with Crippen molar-refractivity contribution in [3.63, 3.8) is 0 Å². The molecule has 1 saturated heterocycles. The summed E-state index contributed by atoms with van der Waals surface area (Å²) >= 11 is 0. The number of aliphatic imine (C=N–C) groups is 1. The summed E-state index contributed by atoms with van der Waals surface area (Å²) in [5, 5.41) is 11.0. The van der Waals surface area contributed by atoms with Crippen LogP contribution >= 0.6 is 0 Å². The summed E-state index contributed by atoms with van der Waals surface area (Å²) in [6.45, 7) is 1.90. The quantitative estimate of drug-likeness (QED) is 0.556. The minimum Gasteiger partial charge on any atom is -0.494 e. The number of hydrogen-bond acceptors (Lipinski definition) is 3. The summed E-state index contributed by atoms with van der Waals surface area (Å²) in [6.07, 6.45) is 8.05. The number of aromatic hydroxyl groups is 1. The van der Waals surface area contributed by atoms with Crippen LogP contribution in [-0.4, -0.2) is 29.4 Å². The number of rotatable bonds is 3. The first-order valence-electron chi connectivity index (χ1n) is 10.6. The predicted molar refractivity (Wildman–Crippen MR) is 116 cm³/mol. The van der Waals surface area contributed by atoms with E-state index in [-0.39, 0.29) is 11.7 Å². The summed E-state index contributed by atoms with van der Waals surface area (Å²) in [7, 11) is 0. The fourth-order valence-corrected chi connectivity index (χ4v) is 5.07. The predicted octanol–water partition coefficient (Wildman–Crippen LogP) is 5.78. The van der Waals surface area contributed by atoms with Gasteiger partial charge in [0.05, 0.1) is 16.9 Å². The molecule has 2 atom stereocenters. The van der Waals surface area contributed by atoms with Crippen molar-refractivity contribution in [2.75, 3.05) is 18.0 Å². The van der Waals surface area contributed by atoms with E-state index < -0.39 is 0 Å². The first-order chi connectivity index (χ1) is 14.2. The molecular formula is C24H26FN3O. The van der Waals surface area contributed by atoms with E-state index in [1.807, 2.05) is 36.4 Å². The Balaban J connectivity index is 1.36. The number of halogens is 1. The standard InChI is InChI=1S/C24H26FN3O/c25-21-13-18(26-14-20-19-7-3-4-8-22(19)27-24(20)29)9-10-23(21)28-12-11-16-5-1-2-6-17(16)15-28/h3-4,7-10,13-14,16-17,27,29H,1-2,5-6,11-12,15H2. The zero-order chi connectivity index (χ0) is 19.8. The van der Waals surface area contributed by atoms with Crippen molar-refractivity contribution in [2.45, 2.75) is 32.1 Å². The molecule has 3 aromatic rings. The van der Waals surface area contributed by atoms with E-state index >= 15 is 0 Å². The zero-order valence-corrected chi connectivity index (χ0v) is 16.4. The highest BCUT2D eigenvalue weighted by atomic mass is 19.1. The topological polar surface area (TPSA) is 51.6 Å². The van der Waals surface area contributed by atoms with Gasteiger partial charge in [0.1, 0.15) is 5.82 Å². The van der Waals surface area contributed by atoms with Crippen molar-refractivity contribution in [2.24, 2.45) is 16.8 Å². The van der Waals surface area contributed by atoms with Gasteiger partial charge < -0.3 is 15.0 Å². The SMILES string of the molecule is Oc1[nH]c2ccccc2c1C=Nc1ccc(N2CCC3CCCCC3C2)c(F)c1. The van der Waals surface area contributed by atoms with E-state index in [1.165, 1.54) is 38.2 Å². The van der Waals surface area contributed by atoms with Gasteiger partial charge in [-0.15, -0.1) is 0 Å². The normalized spacial score (nSPS) is 22.3. The minimum absolute atomic E-state index is 0.0717. The third kappa shape index (κ3) is 3.50. The van der Waals surface area contributed by atoms with Gasteiger partial charge in [0.25, 0.3) is 0 Å². The molecule has 1 aliphatic carbocycles. The number of fused-ring (bicyclic) bond motifs is 2. The highest BCUT2D eigenvalue weighted by Gasteiger charge is 2.31. The maximum absolute atomic E-state index is 14.9. The van der Waals surface area contributed by atoms with Crippen LogP contribution in [0, 0.1) is 17.7 Å². The van der Waals surface area contributed by atoms with Gasteiger partial charge in [-0.05, 0) is 42.9 Å². The first kappa shape index (κ1) is 18.2. The van der Waals surface area contributed by atoms with Gasteiger partial charge in [-0.3, -0.25) is 4.99 Å². The average Bonchev–Trinajstić information content (AvgIpc) is 3.07. The molecule has 2 aliphatic rings. The van der Waals surface area contributed by atoms with Crippen LogP contribution in [0.4, 0.5) is 15.8 Å². The van der Waals surface area contributed by atoms with Crippen LogP contribution in [0.5, 0.6) is 5.88 Å². The zero-order valence-electron chi connectivity index (χ0n) is 16.4. The lowest BCUT2D eigenvalue weighted by atomic mass is 9.75. The third-order valence-corrected chi connectivity index (χ3v) is 6.63. The van der Waals surface area contributed by atoms with Crippen molar-refractivity contribution in [1.29, 1.82) is 0 Å². The van der Waals surface area contributed by atoms with E-state index in [9.17, 15) is 9.50 Å². The molecule has 0 spiro atoms. The fourth-order valence-electron chi connectivity index (χ4n) is 5.07. The van der Waals surface area contributed by atoms with Crippen LogP contribution < -0.4 is 4.90 Å². The second kappa shape index (κ2) is 7.54. The highest BCUT2D eigenvalue weighted by Crippen LogP contribution is 2.38. The molecule has 5 rings (SSSR count). The van der Waals surface area contributed by atoms with Crippen LogP contribution in [0.3, 0.4) is 0 Å². The maximum atomic E-state index is 14.9. The van der Waals surface area contributed by atoms with Gasteiger partial charge in [-0.25, -0.2) is 4.39 Å². The van der Waals surface area contributed by atoms with Crippen molar-refractivity contribution in [1.82, 2.24) is 4.98 Å². The minimum atomic E-state index is -0.225. The summed E-state index contributed by atoms with van der Waals surface area (Å²) in [5.41, 5.74) is 2.69. The van der Waals surface area contributed by atoms with E-state index in [4.69, 9.17) is 0 Å². The maximum Gasteiger partial charge on any atom is 0.198 e. The van der Waals surface area contributed by atoms with E-state index in [0.29, 0.717) is 22.9 Å². The number of aromatic nitrogens is 1. The molecule has 2 fully saturated rings. The smallest absolute Gasteiger partial charge is 0.198 e. The first-order valence-corrected chi connectivity index (χ1v) is 10.6. The van der Waals surface area contributed by atoms with Crippen LogP contribution in [0.15, 0.2) is 47.5 Å².